The van der Waals surface area contributed by atoms with Crippen molar-refractivity contribution in [2.24, 2.45) is 0 Å². The molecule has 0 aliphatic rings. The molecule has 0 aliphatic carbocycles. The summed E-state index contributed by atoms with van der Waals surface area (Å²) < 4.78 is 0. The van der Waals surface area contributed by atoms with Crippen LogP contribution in [0.5, 0.6) is 0 Å². The van der Waals surface area contributed by atoms with E-state index in [4.69, 9.17) is 23.2 Å². The Morgan fingerprint density at radius 2 is 1.38 bits per heavy atom. The van der Waals surface area contributed by atoms with E-state index in [-0.39, 0.29) is 5.78 Å². The number of hydrogen-bond acceptors (Lipinski definition) is 1. The van der Waals surface area contributed by atoms with Gasteiger partial charge >= 0.3 is 0 Å². The summed E-state index contributed by atoms with van der Waals surface area (Å²) in [6.45, 7) is 0. The first-order valence-electron chi connectivity index (χ1n) is 6.49. The fourth-order valence-electron chi connectivity index (χ4n) is 1.80. The lowest BCUT2D eigenvalue weighted by molar-refractivity contribution is -0.111. The van der Waals surface area contributed by atoms with Gasteiger partial charge in [0.05, 0.1) is 0 Å². The number of benzene rings is 2. The van der Waals surface area contributed by atoms with Crippen molar-refractivity contribution in [1.82, 2.24) is 0 Å². The molecule has 2 rings (SSSR count). The first-order chi connectivity index (χ1) is 10.2. The van der Waals surface area contributed by atoms with Crippen LogP contribution in [-0.2, 0) is 4.79 Å². The van der Waals surface area contributed by atoms with Gasteiger partial charge in [-0.05, 0) is 23.3 Å². The SMILES string of the molecule is O=C(C=Cc1ccccc1)C(=Cc1ccccc1)C(Cl)Cl. The molecule has 21 heavy (non-hydrogen) atoms. The molecule has 2 aromatic rings. The fourth-order valence-corrected chi connectivity index (χ4v) is 2.14. The third kappa shape index (κ3) is 4.89. The molecule has 0 amide bonds. The summed E-state index contributed by atoms with van der Waals surface area (Å²) in [7, 11) is 0. The number of alkyl halides is 2. The van der Waals surface area contributed by atoms with Gasteiger partial charge < -0.3 is 0 Å². The third-order valence-electron chi connectivity index (χ3n) is 2.87. The molecule has 0 N–H and O–H groups in total. The molecule has 0 radical (unpaired) electrons. The average molecular weight is 317 g/mol. The number of hydrogen-bond donors (Lipinski definition) is 0. The molecule has 0 bridgehead atoms. The fraction of sp³-hybridized carbons (Fsp3) is 0.0556. The molecule has 2 aromatic carbocycles. The van der Waals surface area contributed by atoms with Crippen LogP contribution in [0.15, 0.2) is 72.3 Å². The van der Waals surface area contributed by atoms with Crippen LogP contribution in [-0.4, -0.2) is 10.6 Å². The summed E-state index contributed by atoms with van der Waals surface area (Å²) in [5, 5.41) is 0. The van der Waals surface area contributed by atoms with Crippen LogP contribution >= 0.6 is 23.2 Å². The van der Waals surface area contributed by atoms with E-state index < -0.39 is 4.84 Å². The first-order valence-corrected chi connectivity index (χ1v) is 7.36. The highest BCUT2D eigenvalue weighted by molar-refractivity contribution is 6.49. The van der Waals surface area contributed by atoms with Gasteiger partial charge in [-0.1, -0.05) is 89.9 Å². The Kier molecular flexibility index (Phi) is 5.79. The number of ketones is 1. The highest BCUT2D eigenvalue weighted by Gasteiger charge is 2.14. The van der Waals surface area contributed by atoms with Crippen LogP contribution in [0.4, 0.5) is 0 Å². The van der Waals surface area contributed by atoms with E-state index in [9.17, 15) is 4.79 Å². The second-order valence-electron chi connectivity index (χ2n) is 4.42. The molecule has 0 saturated heterocycles. The average Bonchev–Trinajstić information content (AvgIpc) is 2.52. The molecular weight excluding hydrogens is 303 g/mol. The topological polar surface area (TPSA) is 17.1 Å². The Balaban J connectivity index is 2.21. The first kappa shape index (κ1) is 15.6. The van der Waals surface area contributed by atoms with E-state index in [1.165, 1.54) is 6.08 Å². The number of carbonyl (C=O) groups is 1. The van der Waals surface area contributed by atoms with Gasteiger partial charge in [0.15, 0.2) is 5.78 Å². The van der Waals surface area contributed by atoms with Crippen molar-refractivity contribution in [3.63, 3.8) is 0 Å². The molecule has 0 fully saturated rings. The molecule has 0 atom stereocenters. The second-order valence-corrected chi connectivity index (χ2v) is 5.52. The summed E-state index contributed by atoms with van der Waals surface area (Å²) >= 11 is 11.8. The molecule has 0 unspecified atom stereocenters. The summed E-state index contributed by atoms with van der Waals surface area (Å²) in [5.41, 5.74) is 2.20. The minimum absolute atomic E-state index is 0.197. The van der Waals surface area contributed by atoms with Crippen LogP contribution in [0.2, 0.25) is 0 Å². The predicted octanol–water partition coefficient (Wildman–Crippen LogP) is 5.16. The quantitative estimate of drug-likeness (QED) is 0.550. The Labute approximate surface area is 134 Å². The van der Waals surface area contributed by atoms with E-state index in [1.54, 1.807) is 12.2 Å². The maximum absolute atomic E-state index is 12.2. The van der Waals surface area contributed by atoms with Gasteiger partial charge in [-0.25, -0.2) is 0 Å². The molecular formula is C18H14Cl2O. The molecule has 0 saturated carbocycles. The van der Waals surface area contributed by atoms with Crippen LogP contribution in [0.1, 0.15) is 11.1 Å². The van der Waals surface area contributed by atoms with E-state index in [2.05, 4.69) is 0 Å². The van der Waals surface area contributed by atoms with Gasteiger partial charge in [0.1, 0.15) is 4.84 Å². The lowest BCUT2D eigenvalue weighted by Gasteiger charge is -2.04. The zero-order valence-corrected chi connectivity index (χ0v) is 12.8. The monoisotopic (exact) mass is 316 g/mol. The number of carbonyl (C=O) groups excluding carboxylic acids is 1. The van der Waals surface area contributed by atoms with Crippen LogP contribution in [0.3, 0.4) is 0 Å². The predicted molar refractivity (Wildman–Crippen MR) is 90.4 cm³/mol. The Morgan fingerprint density at radius 1 is 0.857 bits per heavy atom. The van der Waals surface area contributed by atoms with Crippen molar-refractivity contribution in [2.45, 2.75) is 4.84 Å². The largest absolute Gasteiger partial charge is 0.290 e. The Morgan fingerprint density at radius 3 is 1.90 bits per heavy atom. The van der Waals surface area contributed by atoms with E-state index in [0.29, 0.717) is 5.57 Å². The highest BCUT2D eigenvalue weighted by Crippen LogP contribution is 2.20. The van der Waals surface area contributed by atoms with Crippen molar-refractivity contribution < 1.29 is 4.79 Å². The van der Waals surface area contributed by atoms with E-state index in [1.807, 2.05) is 60.7 Å². The van der Waals surface area contributed by atoms with Crippen molar-refractivity contribution in [3.05, 3.63) is 83.4 Å². The molecule has 0 spiro atoms. The van der Waals surface area contributed by atoms with Gasteiger partial charge in [0.25, 0.3) is 0 Å². The van der Waals surface area contributed by atoms with Gasteiger partial charge in [-0.2, -0.15) is 0 Å². The highest BCUT2D eigenvalue weighted by atomic mass is 35.5. The maximum atomic E-state index is 12.2. The minimum atomic E-state index is -0.863. The molecule has 0 aromatic heterocycles. The molecule has 0 aliphatic heterocycles. The summed E-state index contributed by atoms with van der Waals surface area (Å²) in [4.78, 5) is 11.4. The van der Waals surface area contributed by atoms with Crippen LogP contribution < -0.4 is 0 Å². The lowest BCUT2D eigenvalue weighted by Crippen LogP contribution is -2.05. The van der Waals surface area contributed by atoms with Gasteiger partial charge in [-0.3, -0.25) is 4.79 Å². The number of rotatable bonds is 5. The van der Waals surface area contributed by atoms with Gasteiger partial charge in [0.2, 0.25) is 0 Å². The minimum Gasteiger partial charge on any atom is -0.290 e. The third-order valence-corrected chi connectivity index (χ3v) is 3.34. The van der Waals surface area contributed by atoms with Crippen LogP contribution in [0, 0.1) is 0 Å². The zero-order valence-electron chi connectivity index (χ0n) is 11.2. The standard InChI is InChI=1S/C18H14Cl2O/c19-18(20)16(13-15-9-5-2-6-10-15)17(21)12-11-14-7-3-1-4-8-14/h1-13,18H. The summed E-state index contributed by atoms with van der Waals surface area (Å²) in [6.07, 6.45) is 4.95. The van der Waals surface area contributed by atoms with Gasteiger partial charge in [0, 0.05) is 5.57 Å². The molecule has 0 heterocycles. The van der Waals surface area contributed by atoms with Crippen molar-refractivity contribution in [3.8, 4) is 0 Å². The smallest absolute Gasteiger partial charge is 0.184 e. The Bertz CT molecular complexity index is 643. The van der Waals surface area contributed by atoms with Crippen LogP contribution in [0.25, 0.3) is 12.2 Å². The summed E-state index contributed by atoms with van der Waals surface area (Å²) in [5.74, 6) is -0.197. The Hall–Kier alpha value is -1.83. The van der Waals surface area contributed by atoms with Crippen molar-refractivity contribution in [1.29, 1.82) is 0 Å². The number of allylic oxidation sites excluding steroid dienone is 2. The number of halogens is 2. The van der Waals surface area contributed by atoms with Crippen molar-refractivity contribution in [2.75, 3.05) is 0 Å². The van der Waals surface area contributed by atoms with E-state index >= 15 is 0 Å². The molecule has 106 valence electrons. The summed E-state index contributed by atoms with van der Waals surface area (Å²) in [6, 6.07) is 19.1. The zero-order chi connectivity index (χ0) is 15.1. The maximum Gasteiger partial charge on any atom is 0.184 e. The second kappa shape index (κ2) is 7.82. The van der Waals surface area contributed by atoms with E-state index in [0.717, 1.165) is 11.1 Å². The molecule has 3 heteroatoms. The van der Waals surface area contributed by atoms with Gasteiger partial charge in [-0.15, -0.1) is 0 Å². The molecule has 1 nitrogen and oxygen atoms in total. The normalized spacial score (nSPS) is 12.0. The van der Waals surface area contributed by atoms with Crippen molar-refractivity contribution >= 4 is 41.1 Å². The lowest BCUT2D eigenvalue weighted by atomic mass is 10.1.